The Hall–Kier alpha value is -2.50. The van der Waals surface area contributed by atoms with Crippen LogP contribution >= 0.6 is 0 Å². The lowest BCUT2D eigenvalue weighted by Crippen LogP contribution is -2.40. The van der Waals surface area contributed by atoms with Crippen molar-refractivity contribution < 1.29 is 9.59 Å². The summed E-state index contributed by atoms with van der Waals surface area (Å²) in [4.78, 5) is 31.1. The number of hydrogen-bond acceptors (Lipinski definition) is 4. The predicted octanol–water partition coefficient (Wildman–Crippen LogP) is 2.85. The summed E-state index contributed by atoms with van der Waals surface area (Å²) in [6.45, 7) is 6.08. The van der Waals surface area contributed by atoms with Crippen molar-refractivity contribution in [3.63, 3.8) is 0 Å². The molecule has 1 saturated heterocycles. The second-order valence-corrected chi connectivity index (χ2v) is 6.61. The maximum atomic E-state index is 12.9. The Balaban J connectivity index is 1.82. The quantitative estimate of drug-likeness (QED) is 0.803. The molecule has 0 aliphatic carbocycles. The van der Waals surface area contributed by atoms with Crippen LogP contribution in [-0.4, -0.2) is 37.9 Å². The third-order valence-electron chi connectivity index (χ3n) is 4.87. The first-order valence-electron chi connectivity index (χ1n) is 8.74. The van der Waals surface area contributed by atoms with Gasteiger partial charge in [-0.15, -0.1) is 0 Å². The third kappa shape index (κ3) is 3.48. The van der Waals surface area contributed by atoms with Crippen LogP contribution in [0.25, 0.3) is 0 Å². The number of aromatic nitrogens is 3. The van der Waals surface area contributed by atoms with Gasteiger partial charge in [-0.05, 0) is 52.2 Å². The molecule has 3 heterocycles. The van der Waals surface area contributed by atoms with Gasteiger partial charge in [0.1, 0.15) is 6.54 Å². The van der Waals surface area contributed by atoms with Crippen LogP contribution < -0.4 is 0 Å². The summed E-state index contributed by atoms with van der Waals surface area (Å²) < 4.78 is 1.65. The highest BCUT2D eigenvalue weighted by molar-refractivity contribution is 5.96. The molecule has 6 heteroatoms. The highest BCUT2D eigenvalue weighted by Crippen LogP contribution is 2.30. The first kappa shape index (κ1) is 17.3. The molecular weight excluding hydrogens is 316 g/mol. The molecule has 132 valence electrons. The van der Waals surface area contributed by atoms with Gasteiger partial charge in [0, 0.05) is 18.4 Å². The summed E-state index contributed by atoms with van der Waals surface area (Å²) in [6.07, 6.45) is 4.80. The Bertz CT molecular complexity index is 782. The van der Waals surface area contributed by atoms with E-state index in [0.29, 0.717) is 11.3 Å². The van der Waals surface area contributed by atoms with E-state index in [1.807, 2.05) is 36.9 Å². The average Bonchev–Trinajstić information content (AvgIpc) is 2.89. The molecule has 0 unspecified atom stereocenters. The van der Waals surface area contributed by atoms with Gasteiger partial charge in [-0.25, -0.2) is 0 Å². The number of carbonyl (C=O) groups is 2. The minimum Gasteiger partial charge on any atom is -0.332 e. The van der Waals surface area contributed by atoms with Crippen molar-refractivity contribution in [2.24, 2.45) is 0 Å². The highest BCUT2D eigenvalue weighted by atomic mass is 16.2. The summed E-state index contributed by atoms with van der Waals surface area (Å²) >= 11 is 0. The fourth-order valence-corrected chi connectivity index (χ4v) is 3.69. The van der Waals surface area contributed by atoms with Crippen LogP contribution in [0.15, 0.2) is 24.4 Å². The fraction of sp³-hybridized carbons (Fsp3) is 0.474. The molecule has 0 saturated carbocycles. The zero-order chi connectivity index (χ0) is 18.0. The smallest absolute Gasteiger partial charge is 0.244 e. The number of aryl methyl sites for hydroxylation is 1. The molecule has 2 aromatic heterocycles. The Morgan fingerprint density at radius 3 is 2.68 bits per heavy atom. The van der Waals surface area contributed by atoms with Crippen molar-refractivity contribution in [1.82, 2.24) is 19.7 Å². The number of amides is 1. The molecule has 0 spiro atoms. The molecule has 0 aromatic carbocycles. The summed E-state index contributed by atoms with van der Waals surface area (Å²) in [5.41, 5.74) is 2.99. The fourth-order valence-electron chi connectivity index (χ4n) is 3.69. The lowest BCUT2D eigenvalue weighted by atomic mass is 9.98. The van der Waals surface area contributed by atoms with Crippen molar-refractivity contribution in [3.05, 3.63) is 47.0 Å². The molecule has 3 rings (SSSR count). The van der Waals surface area contributed by atoms with Gasteiger partial charge in [-0.3, -0.25) is 19.3 Å². The van der Waals surface area contributed by atoms with Crippen LogP contribution in [0, 0.1) is 13.8 Å². The van der Waals surface area contributed by atoms with Crippen LogP contribution in [-0.2, 0) is 11.3 Å². The van der Waals surface area contributed by atoms with Gasteiger partial charge >= 0.3 is 0 Å². The van der Waals surface area contributed by atoms with Crippen molar-refractivity contribution in [2.75, 3.05) is 6.54 Å². The Labute approximate surface area is 147 Å². The van der Waals surface area contributed by atoms with E-state index >= 15 is 0 Å². The van der Waals surface area contributed by atoms with Crippen molar-refractivity contribution >= 4 is 11.7 Å². The van der Waals surface area contributed by atoms with E-state index in [1.165, 1.54) is 6.92 Å². The van der Waals surface area contributed by atoms with E-state index in [4.69, 9.17) is 0 Å². The molecule has 25 heavy (non-hydrogen) atoms. The second kappa shape index (κ2) is 7.17. The minimum atomic E-state index is -0.0157. The van der Waals surface area contributed by atoms with Gasteiger partial charge in [0.25, 0.3) is 0 Å². The number of carbonyl (C=O) groups excluding carboxylic acids is 2. The summed E-state index contributed by atoms with van der Waals surface area (Å²) in [5.74, 6) is 0.00842. The molecule has 6 nitrogen and oxygen atoms in total. The van der Waals surface area contributed by atoms with Gasteiger partial charge in [0.15, 0.2) is 5.78 Å². The summed E-state index contributed by atoms with van der Waals surface area (Å²) in [5, 5.41) is 4.40. The summed E-state index contributed by atoms with van der Waals surface area (Å²) in [7, 11) is 0. The van der Waals surface area contributed by atoms with E-state index in [2.05, 4.69) is 10.1 Å². The van der Waals surface area contributed by atoms with E-state index in [-0.39, 0.29) is 24.3 Å². The van der Waals surface area contributed by atoms with Crippen LogP contribution in [0.4, 0.5) is 0 Å². The van der Waals surface area contributed by atoms with Gasteiger partial charge in [-0.2, -0.15) is 5.10 Å². The lowest BCUT2D eigenvalue weighted by molar-refractivity contribution is -0.136. The molecule has 1 aliphatic rings. The van der Waals surface area contributed by atoms with Gasteiger partial charge < -0.3 is 4.90 Å². The molecule has 1 aliphatic heterocycles. The van der Waals surface area contributed by atoms with Gasteiger partial charge in [0.05, 0.1) is 23.0 Å². The SMILES string of the molecule is CC(=O)c1c(C)nn(CC(=O)N2CCCC[C@H]2c2ccccn2)c1C. The lowest BCUT2D eigenvalue weighted by Gasteiger charge is -2.35. The van der Waals surface area contributed by atoms with Crippen molar-refractivity contribution in [1.29, 1.82) is 0 Å². The zero-order valence-corrected chi connectivity index (χ0v) is 15.0. The van der Waals surface area contributed by atoms with E-state index in [1.54, 1.807) is 10.9 Å². The standard InChI is InChI=1S/C19H24N4O2/c1-13-19(15(3)24)14(2)23(21-13)12-18(25)22-11-7-5-9-17(22)16-8-4-6-10-20-16/h4,6,8,10,17H,5,7,9,11-12H2,1-3H3/t17-/m0/s1. The van der Waals surface area contributed by atoms with E-state index in [0.717, 1.165) is 37.2 Å². The number of Topliss-reactive ketones (excluding diaryl/α,β-unsaturated/α-hetero) is 1. The third-order valence-corrected chi connectivity index (χ3v) is 4.87. The molecule has 0 N–H and O–H groups in total. The van der Waals surface area contributed by atoms with E-state index < -0.39 is 0 Å². The van der Waals surface area contributed by atoms with Crippen molar-refractivity contribution in [3.8, 4) is 0 Å². The normalized spacial score (nSPS) is 17.6. The molecule has 1 fully saturated rings. The molecule has 2 aromatic rings. The maximum absolute atomic E-state index is 12.9. The monoisotopic (exact) mass is 340 g/mol. The number of nitrogens with zero attached hydrogens (tertiary/aromatic N) is 4. The number of ketones is 1. The number of pyridine rings is 1. The molecular formula is C19H24N4O2. The van der Waals surface area contributed by atoms with Crippen LogP contribution in [0.5, 0.6) is 0 Å². The molecule has 0 radical (unpaired) electrons. The molecule has 1 amide bonds. The molecule has 0 bridgehead atoms. The Morgan fingerprint density at radius 1 is 1.24 bits per heavy atom. The first-order valence-corrected chi connectivity index (χ1v) is 8.74. The maximum Gasteiger partial charge on any atom is 0.244 e. The number of piperidine rings is 1. The van der Waals surface area contributed by atoms with E-state index in [9.17, 15) is 9.59 Å². The highest BCUT2D eigenvalue weighted by Gasteiger charge is 2.29. The Kier molecular flexibility index (Phi) is 4.97. The number of rotatable bonds is 4. The van der Waals surface area contributed by atoms with Crippen LogP contribution in [0.2, 0.25) is 0 Å². The van der Waals surface area contributed by atoms with Crippen molar-refractivity contribution in [2.45, 2.75) is 52.6 Å². The minimum absolute atomic E-state index is 0.0157. The van der Waals surface area contributed by atoms with Crippen LogP contribution in [0.1, 0.15) is 59.7 Å². The second-order valence-electron chi connectivity index (χ2n) is 6.61. The summed E-state index contributed by atoms with van der Waals surface area (Å²) in [6, 6.07) is 5.84. The van der Waals surface area contributed by atoms with Gasteiger partial charge in [0.2, 0.25) is 5.91 Å². The molecule has 1 atom stereocenters. The number of hydrogen-bond donors (Lipinski definition) is 0. The predicted molar refractivity (Wildman–Crippen MR) is 94.2 cm³/mol. The number of likely N-dealkylation sites (tertiary alicyclic amines) is 1. The van der Waals surface area contributed by atoms with Gasteiger partial charge in [-0.1, -0.05) is 6.07 Å². The largest absolute Gasteiger partial charge is 0.332 e. The zero-order valence-electron chi connectivity index (χ0n) is 15.0. The average molecular weight is 340 g/mol. The first-order chi connectivity index (χ1) is 12.0. The Morgan fingerprint density at radius 2 is 2.04 bits per heavy atom. The van der Waals surface area contributed by atoms with Crippen LogP contribution in [0.3, 0.4) is 0 Å². The topological polar surface area (TPSA) is 68.1 Å².